The molecule has 2 N–H and O–H groups in total. The first-order valence-electron chi connectivity index (χ1n) is 7.78. The molecule has 7 nitrogen and oxygen atoms in total. The van der Waals surface area contributed by atoms with Crippen LogP contribution in [-0.4, -0.2) is 31.9 Å². The number of hydrogen-bond donors (Lipinski definition) is 2. The summed E-state index contributed by atoms with van der Waals surface area (Å²) in [5, 5.41) is 15.3. The fourth-order valence-corrected chi connectivity index (χ4v) is 2.64. The Morgan fingerprint density at radius 2 is 2.17 bits per heavy atom. The molecule has 0 bridgehead atoms. The van der Waals surface area contributed by atoms with E-state index in [2.05, 4.69) is 20.6 Å². The highest BCUT2D eigenvalue weighted by molar-refractivity contribution is 5.81. The van der Waals surface area contributed by atoms with Gasteiger partial charge in [0.1, 0.15) is 6.54 Å². The number of H-pyrrole nitrogens is 1. The van der Waals surface area contributed by atoms with E-state index in [9.17, 15) is 9.59 Å². The monoisotopic (exact) mass is 325 g/mol. The lowest BCUT2D eigenvalue weighted by atomic mass is 10.2. The number of aromatic nitrogens is 4. The molecule has 0 fully saturated rings. The Labute approximate surface area is 138 Å². The molecule has 1 amide bonds. The van der Waals surface area contributed by atoms with Crippen LogP contribution in [0.4, 0.5) is 0 Å². The maximum absolute atomic E-state index is 12.3. The molecule has 0 aliphatic carbocycles. The van der Waals surface area contributed by atoms with E-state index in [-0.39, 0.29) is 24.1 Å². The molecule has 1 unspecified atom stereocenters. The van der Waals surface area contributed by atoms with Crippen molar-refractivity contribution in [2.24, 2.45) is 0 Å². The highest BCUT2D eigenvalue weighted by atomic mass is 16.2. The van der Waals surface area contributed by atoms with Crippen LogP contribution < -0.4 is 10.9 Å². The van der Waals surface area contributed by atoms with E-state index in [4.69, 9.17) is 0 Å². The van der Waals surface area contributed by atoms with Gasteiger partial charge in [0.2, 0.25) is 5.91 Å². The first-order chi connectivity index (χ1) is 11.5. The summed E-state index contributed by atoms with van der Waals surface area (Å²) in [6.45, 7) is 3.73. The SMILES string of the molecule is Cc1cc(CC(C)NC(=O)Cn2ncc3ccccc3c2=O)n[nH]1. The van der Waals surface area contributed by atoms with Crippen molar-refractivity contribution in [3.63, 3.8) is 0 Å². The summed E-state index contributed by atoms with van der Waals surface area (Å²) >= 11 is 0. The molecular weight excluding hydrogens is 306 g/mol. The van der Waals surface area contributed by atoms with Crippen LogP contribution in [0.1, 0.15) is 18.3 Å². The Bertz CT molecular complexity index is 928. The molecule has 24 heavy (non-hydrogen) atoms. The predicted octanol–water partition coefficient (Wildman–Crippen LogP) is 1.18. The Morgan fingerprint density at radius 1 is 1.38 bits per heavy atom. The average Bonchev–Trinajstić information content (AvgIpc) is 2.95. The number of aryl methyl sites for hydroxylation is 1. The van der Waals surface area contributed by atoms with Gasteiger partial charge in [0.15, 0.2) is 0 Å². The molecule has 0 saturated carbocycles. The molecule has 124 valence electrons. The van der Waals surface area contributed by atoms with E-state index in [1.165, 1.54) is 4.68 Å². The smallest absolute Gasteiger partial charge is 0.275 e. The minimum atomic E-state index is -0.265. The zero-order valence-corrected chi connectivity index (χ0v) is 13.6. The predicted molar refractivity (Wildman–Crippen MR) is 90.6 cm³/mol. The van der Waals surface area contributed by atoms with Crippen LogP contribution in [0.5, 0.6) is 0 Å². The average molecular weight is 325 g/mol. The van der Waals surface area contributed by atoms with E-state index in [0.29, 0.717) is 11.8 Å². The van der Waals surface area contributed by atoms with Gasteiger partial charge in [-0.05, 0) is 26.0 Å². The lowest BCUT2D eigenvalue weighted by Gasteiger charge is -2.13. The summed E-state index contributed by atoms with van der Waals surface area (Å²) < 4.78 is 1.18. The van der Waals surface area contributed by atoms with Gasteiger partial charge in [0, 0.05) is 23.5 Å². The number of nitrogens with one attached hydrogen (secondary N) is 2. The number of fused-ring (bicyclic) bond motifs is 1. The number of carbonyl (C=O) groups is 1. The zero-order chi connectivity index (χ0) is 17.1. The second-order valence-corrected chi connectivity index (χ2v) is 5.91. The lowest BCUT2D eigenvalue weighted by Crippen LogP contribution is -2.39. The van der Waals surface area contributed by atoms with Gasteiger partial charge in [-0.25, -0.2) is 4.68 Å². The fraction of sp³-hybridized carbons (Fsp3) is 0.294. The van der Waals surface area contributed by atoms with Crippen LogP contribution in [-0.2, 0) is 17.8 Å². The quantitative estimate of drug-likeness (QED) is 0.736. The lowest BCUT2D eigenvalue weighted by molar-refractivity contribution is -0.122. The summed E-state index contributed by atoms with van der Waals surface area (Å²) in [6, 6.07) is 9.05. The van der Waals surface area contributed by atoms with Gasteiger partial charge < -0.3 is 5.32 Å². The summed E-state index contributed by atoms with van der Waals surface area (Å²) in [5.74, 6) is -0.250. The molecule has 0 saturated heterocycles. The molecule has 2 aromatic heterocycles. The van der Waals surface area contributed by atoms with E-state index in [0.717, 1.165) is 16.8 Å². The number of benzene rings is 1. The number of hydrogen-bond acceptors (Lipinski definition) is 4. The van der Waals surface area contributed by atoms with Crippen LogP contribution in [0, 0.1) is 6.92 Å². The molecule has 0 radical (unpaired) electrons. The van der Waals surface area contributed by atoms with Gasteiger partial charge in [-0.2, -0.15) is 10.2 Å². The van der Waals surface area contributed by atoms with Gasteiger partial charge >= 0.3 is 0 Å². The first kappa shape index (κ1) is 15.9. The summed E-state index contributed by atoms with van der Waals surface area (Å²) in [7, 11) is 0. The van der Waals surface area contributed by atoms with Crippen LogP contribution in [0.3, 0.4) is 0 Å². The zero-order valence-electron chi connectivity index (χ0n) is 13.6. The molecule has 1 aromatic carbocycles. The fourth-order valence-electron chi connectivity index (χ4n) is 2.64. The largest absolute Gasteiger partial charge is 0.352 e. The molecule has 3 rings (SSSR count). The highest BCUT2D eigenvalue weighted by Crippen LogP contribution is 2.06. The van der Waals surface area contributed by atoms with Crippen molar-refractivity contribution in [3.8, 4) is 0 Å². The van der Waals surface area contributed by atoms with Gasteiger partial charge in [0.05, 0.1) is 17.3 Å². The number of carbonyl (C=O) groups excluding carboxylic acids is 1. The maximum atomic E-state index is 12.3. The van der Waals surface area contributed by atoms with Crippen molar-refractivity contribution < 1.29 is 4.79 Å². The molecule has 0 aliphatic heterocycles. The van der Waals surface area contributed by atoms with Gasteiger partial charge in [-0.1, -0.05) is 18.2 Å². The van der Waals surface area contributed by atoms with Crippen molar-refractivity contribution in [3.05, 3.63) is 58.3 Å². The van der Waals surface area contributed by atoms with E-state index >= 15 is 0 Å². The molecule has 0 spiro atoms. The van der Waals surface area contributed by atoms with Crippen molar-refractivity contribution >= 4 is 16.7 Å². The van der Waals surface area contributed by atoms with Crippen molar-refractivity contribution in [2.45, 2.75) is 32.9 Å². The molecular formula is C17H19N5O2. The second kappa shape index (κ2) is 6.66. The third-order valence-corrected chi connectivity index (χ3v) is 3.74. The number of aromatic amines is 1. The van der Waals surface area contributed by atoms with Gasteiger partial charge in [0.25, 0.3) is 5.56 Å². The Morgan fingerprint density at radius 3 is 2.92 bits per heavy atom. The third kappa shape index (κ3) is 3.51. The molecule has 7 heteroatoms. The van der Waals surface area contributed by atoms with E-state index in [1.54, 1.807) is 18.3 Å². The third-order valence-electron chi connectivity index (χ3n) is 3.74. The van der Waals surface area contributed by atoms with Gasteiger partial charge in [-0.15, -0.1) is 0 Å². The van der Waals surface area contributed by atoms with Crippen LogP contribution in [0.15, 0.2) is 41.3 Å². The Balaban J connectivity index is 1.66. The molecule has 2 heterocycles. The number of nitrogens with zero attached hydrogens (tertiary/aromatic N) is 3. The Hall–Kier alpha value is -2.96. The second-order valence-electron chi connectivity index (χ2n) is 5.91. The number of rotatable bonds is 5. The standard InChI is InChI=1S/C17H19N5O2/c1-11(7-14-8-12(2)20-21-14)19-16(23)10-22-17(24)15-6-4-3-5-13(15)9-18-22/h3-6,8-9,11H,7,10H2,1-2H3,(H,19,23)(H,20,21). The van der Waals surface area contributed by atoms with Gasteiger partial charge in [-0.3, -0.25) is 14.7 Å². The van der Waals surface area contributed by atoms with Crippen LogP contribution in [0.2, 0.25) is 0 Å². The summed E-state index contributed by atoms with van der Waals surface area (Å²) in [4.78, 5) is 24.5. The first-order valence-corrected chi connectivity index (χ1v) is 7.78. The minimum Gasteiger partial charge on any atom is -0.352 e. The minimum absolute atomic E-state index is 0.0867. The van der Waals surface area contributed by atoms with E-state index < -0.39 is 0 Å². The summed E-state index contributed by atoms with van der Waals surface area (Å²) in [6.07, 6.45) is 2.22. The van der Waals surface area contributed by atoms with Crippen molar-refractivity contribution in [1.82, 2.24) is 25.3 Å². The molecule has 0 aliphatic rings. The normalized spacial score (nSPS) is 12.2. The van der Waals surface area contributed by atoms with Crippen molar-refractivity contribution in [2.75, 3.05) is 0 Å². The number of amides is 1. The summed E-state index contributed by atoms with van der Waals surface area (Å²) in [5.41, 5.74) is 1.61. The topological polar surface area (TPSA) is 92.7 Å². The molecule has 3 aromatic rings. The maximum Gasteiger partial charge on any atom is 0.275 e. The highest BCUT2D eigenvalue weighted by Gasteiger charge is 2.12. The van der Waals surface area contributed by atoms with Crippen LogP contribution >= 0.6 is 0 Å². The Kier molecular flexibility index (Phi) is 4.41. The molecule has 1 atom stereocenters. The van der Waals surface area contributed by atoms with E-state index in [1.807, 2.05) is 32.0 Å². The van der Waals surface area contributed by atoms with Crippen molar-refractivity contribution in [1.29, 1.82) is 0 Å². The van der Waals surface area contributed by atoms with Crippen LogP contribution in [0.25, 0.3) is 10.8 Å².